The fourth-order valence-corrected chi connectivity index (χ4v) is 4.37. The van der Waals surface area contributed by atoms with Crippen molar-refractivity contribution in [3.8, 4) is 11.5 Å². The van der Waals surface area contributed by atoms with E-state index in [1.807, 2.05) is 18.2 Å². The summed E-state index contributed by atoms with van der Waals surface area (Å²) in [7, 11) is 1.47. The number of ether oxygens (including phenoxy) is 3. The molecule has 0 bridgehead atoms. The monoisotopic (exact) mass is 522 g/mol. The number of hydrogen-bond donors (Lipinski definition) is 2. The Balaban J connectivity index is 1.31. The lowest BCUT2D eigenvalue weighted by atomic mass is 9.88. The van der Waals surface area contributed by atoms with E-state index in [0.717, 1.165) is 24.8 Å². The van der Waals surface area contributed by atoms with E-state index in [2.05, 4.69) is 16.7 Å². The van der Waals surface area contributed by atoms with Gasteiger partial charge in [0.1, 0.15) is 17.1 Å². The van der Waals surface area contributed by atoms with Gasteiger partial charge in [-0.25, -0.2) is 4.79 Å². The molecule has 0 fully saturated rings. The molecule has 3 aromatic carbocycles. The minimum absolute atomic E-state index is 0.107. The molecule has 8 nitrogen and oxygen atoms in total. The molecule has 0 heterocycles. The molecule has 192 valence electrons. The van der Waals surface area contributed by atoms with Gasteiger partial charge in [-0.05, 0) is 54.7 Å². The Morgan fingerprint density at radius 1 is 0.946 bits per heavy atom. The first-order chi connectivity index (χ1) is 17.9. The zero-order valence-corrected chi connectivity index (χ0v) is 21.0. The highest BCUT2D eigenvalue weighted by Gasteiger charge is 2.22. The maximum Gasteiger partial charge on any atom is 0.342 e. The lowest BCUT2D eigenvalue weighted by Crippen LogP contribution is -2.34. The summed E-state index contributed by atoms with van der Waals surface area (Å²) in [6, 6.07) is 19.1. The average Bonchev–Trinajstić information content (AvgIpc) is 2.92. The highest BCUT2D eigenvalue weighted by Crippen LogP contribution is 2.30. The van der Waals surface area contributed by atoms with Crippen molar-refractivity contribution in [2.24, 2.45) is 0 Å². The fraction of sp³-hybridized carbons (Fsp3) is 0.250. The number of carbonyl (C=O) groups excluding carboxylic acids is 3. The molecule has 0 spiro atoms. The predicted octanol–water partition coefficient (Wildman–Crippen LogP) is 4.72. The Hall–Kier alpha value is -4.04. The summed E-state index contributed by atoms with van der Waals surface area (Å²) in [4.78, 5) is 37.6. The molecule has 1 aliphatic rings. The Bertz CT molecular complexity index is 1300. The van der Waals surface area contributed by atoms with Crippen molar-refractivity contribution in [3.63, 3.8) is 0 Å². The van der Waals surface area contributed by atoms with Gasteiger partial charge in [-0.2, -0.15) is 0 Å². The van der Waals surface area contributed by atoms with Gasteiger partial charge in [0.2, 0.25) is 0 Å². The van der Waals surface area contributed by atoms with E-state index in [1.165, 1.54) is 18.7 Å². The number of para-hydroxylation sites is 1. The normalized spacial score (nSPS) is 14.2. The number of benzene rings is 3. The van der Waals surface area contributed by atoms with Crippen molar-refractivity contribution in [1.29, 1.82) is 0 Å². The van der Waals surface area contributed by atoms with Crippen LogP contribution in [0, 0.1) is 0 Å². The number of halogens is 1. The molecule has 1 aliphatic carbocycles. The predicted molar refractivity (Wildman–Crippen MR) is 139 cm³/mol. The Morgan fingerprint density at radius 3 is 2.57 bits per heavy atom. The highest BCUT2D eigenvalue weighted by molar-refractivity contribution is 6.30. The quantitative estimate of drug-likeness (QED) is 0.394. The van der Waals surface area contributed by atoms with Crippen molar-refractivity contribution >= 4 is 35.1 Å². The molecule has 0 saturated carbocycles. The van der Waals surface area contributed by atoms with Crippen LogP contribution >= 0.6 is 11.6 Å². The molecule has 4 rings (SSSR count). The Labute approximate surface area is 219 Å². The number of hydrogen-bond acceptors (Lipinski definition) is 6. The van der Waals surface area contributed by atoms with Gasteiger partial charge in [-0.3, -0.25) is 9.59 Å². The van der Waals surface area contributed by atoms with E-state index >= 15 is 0 Å². The van der Waals surface area contributed by atoms with Crippen LogP contribution in [0.5, 0.6) is 11.5 Å². The van der Waals surface area contributed by atoms with E-state index in [1.54, 1.807) is 36.4 Å². The summed E-state index contributed by atoms with van der Waals surface area (Å²) in [6.07, 6.45) is 2.79. The second kappa shape index (κ2) is 12.3. The third kappa shape index (κ3) is 6.80. The van der Waals surface area contributed by atoms with Crippen molar-refractivity contribution < 1.29 is 28.6 Å². The van der Waals surface area contributed by atoms with Crippen LogP contribution in [0.1, 0.15) is 40.4 Å². The number of aryl methyl sites for hydroxylation is 1. The molecule has 0 saturated heterocycles. The van der Waals surface area contributed by atoms with Crippen LogP contribution < -0.4 is 20.1 Å². The van der Waals surface area contributed by atoms with Gasteiger partial charge in [0, 0.05) is 11.1 Å². The van der Waals surface area contributed by atoms with Gasteiger partial charge in [0.15, 0.2) is 13.2 Å². The molecule has 0 unspecified atom stereocenters. The summed E-state index contributed by atoms with van der Waals surface area (Å²) in [5, 5.41) is 6.10. The van der Waals surface area contributed by atoms with Crippen LogP contribution in [0.3, 0.4) is 0 Å². The van der Waals surface area contributed by atoms with E-state index in [4.69, 9.17) is 25.8 Å². The molecule has 9 heteroatoms. The van der Waals surface area contributed by atoms with Crippen LogP contribution in [0.15, 0.2) is 66.7 Å². The molecule has 1 atom stereocenters. The van der Waals surface area contributed by atoms with Crippen molar-refractivity contribution in [2.75, 3.05) is 25.6 Å². The third-order valence-corrected chi connectivity index (χ3v) is 6.18. The van der Waals surface area contributed by atoms with Crippen LogP contribution in [-0.4, -0.2) is 38.1 Å². The first kappa shape index (κ1) is 26.0. The van der Waals surface area contributed by atoms with Crippen LogP contribution in [0.25, 0.3) is 0 Å². The zero-order valence-electron chi connectivity index (χ0n) is 20.3. The maximum absolute atomic E-state index is 12.7. The first-order valence-corrected chi connectivity index (χ1v) is 12.2. The van der Waals surface area contributed by atoms with E-state index in [9.17, 15) is 14.4 Å². The van der Waals surface area contributed by atoms with Gasteiger partial charge in [0.25, 0.3) is 11.8 Å². The molecule has 3 aromatic rings. The number of carbonyl (C=O) groups is 3. The number of esters is 1. The second-order valence-electron chi connectivity index (χ2n) is 8.46. The maximum atomic E-state index is 12.7. The van der Waals surface area contributed by atoms with Crippen molar-refractivity contribution in [1.82, 2.24) is 5.32 Å². The molecular formula is C28H27ClN2O6. The molecule has 0 radical (unpaired) electrons. The summed E-state index contributed by atoms with van der Waals surface area (Å²) in [5.74, 6) is -1.01. The smallest absolute Gasteiger partial charge is 0.342 e. The first-order valence-electron chi connectivity index (χ1n) is 11.8. The molecular weight excluding hydrogens is 496 g/mol. The van der Waals surface area contributed by atoms with Crippen LogP contribution in [0.4, 0.5) is 5.69 Å². The Morgan fingerprint density at radius 2 is 1.73 bits per heavy atom. The number of methoxy groups -OCH3 is 1. The summed E-state index contributed by atoms with van der Waals surface area (Å²) in [5.41, 5.74) is 2.86. The number of anilines is 1. The molecule has 2 amide bonds. The lowest BCUT2D eigenvalue weighted by Gasteiger charge is -2.26. The molecule has 0 aromatic heterocycles. The molecule has 2 N–H and O–H groups in total. The van der Waals surface area contributed by atoms with Gasteiger partial charge < -0.3 is 24.8 Å². The minimum Gasteiger partial charge on any atom is -0.495 e. The van der Waals surface area contributed by atoms with Gasteiger partial charge in [-0.15, -0.1) is 0 Å². The van der Waals surface area contributed by atoms with E-state index in [0.29, 0.717) is 16.5 Å². The van der Waals surface area contributed by atoms with E-state index in [-0.39, 0.29) is 29.9 Å². The minimum atomic E-state index is -0.727. The van der Waals surface area contributed by atoms with Crippen molar-refractivity contribution in [3.05, 3.63) is 88.4 Å². The average molecular weight is 523 g/mol. The SMILES string of the molecule is COc1cc(Cl)ccc1NC(=O)COc1ccccc1C(=O)OCC(=O)N[C@H]1CCCc2ccccc21. The van der Waals surface area contributed by atoms with E-state index < -0.39 is 18.5 Å². The summed E-state index contributed by atoms with van der Waals surface area (Å²) >= 11 is 5.95. The van der Waals surface area contributed by atoms with Gasteiger partial charge in [-0.1, -0.05) is 48.0 Å². The lowest BCUT2D eigenvalue weighted by molar-refractivity contribution is -0.125. The van der Waals surface area contributed by atoms with Gasteiger partial charge >= 0.3 is 5.97 Å². The van der Waals surface area contributed by atoms with Crippen molar-refractivity contribution in [2.45, 2.75) is 25.3 Å². The second-order valence-corrected chi connectivity index (χ2v) is 8.90. The van der Waals surface area contributed by atoms with Crippen LogP contribution in [0.2, 0.25) is 5.02 Å². The standard InChI is InChI=1S/C28H27ClN2O6/c1-35-25-15-19(29)13-14-23(25)31-26(32)16-36-24-12-5-4-10-21(24)28(34)37-17-27(33)30-22-11-6-8-18-7-2-3-9-20(18)22/h2-5,7,9-10,12-15,22H,6,8,11,16-17H2,1H3,(H,30,33)(H,31,32)/t22-/m0/s1. The van der Waals surface area contributed by atoms with Gasteiger partial charge in [0.05, 0.1) is 18.8 Å². The highest BCUT2D eigenvalue weighted by atomic mass is 35.5. The fourth-order valence-electron chi connectivity index (χ4n) is 4.21. The third-order valence-electron chi connectivity index (χ3n) is 5.94. The number of amides is 2. The number of nitrogens with one attached hydrogen (secondary N) is 2. The summed E-state index contributed by atoms with van der Waals surface area (Å²) < 4.78 is 16.0. The largest absolute Gasteiger partial charge is 0.495 e. The molecule has 37 heavy (non-hydrogen) atoms. The zero-order chi connectivity index (χ0) is 26.2. The summed E-state index contributed by atoms with van der Waals surface area (Å²) in [6.45, 7) is -0.791. The number of fused-ring (bicyclic) bond motifs is 1. The number of rotatable bonds is 9. The topological polar surface area (TPSA) is 103 Å². The Kier molecular flexibility index (Phi) is 8.64. The van der Waals surface area contributed by atoms with Crippen LogP contribution in [-0.2, 0) is 20.7 Å². The molecule has 0 aliphatic heterocycles.